The van der Waals surface area contributed by atoms with Crippen LogP contribution in [-0.4, -0.2) is 62.2 Å². The maximum Gasteiger partial charge on any atom is 0.230 e. The molecule has 0 radical (unpaired) electrons. The molecule has 1 atom stereocenters. The average Bonchev–Trinajstić information content (AvgIpc) is 3.22. The topological polar surface area (TPSA) is 56.9 Å². The zero-order chi connectivity index (χ0) is 19.0. The van der Waals surface area contributed by atoms with Crippen molar-refractivity contribution < 1.29 is 5.11 Å². The first-order chi connectivity index (χ1) is 13.1. The number of nitrogens with zero attached hydrogens (tertiary/aromatic N) is 5. The predicted octanol–water partition coefficient (Wildman–Crippen LogP) is 3.09. The Balaban J connectivity index is 1.76. The van der Waals surface area contributed by atoms with Crippen molar-refractivity contribution >= 4 is 16.3 Å². The molecule has 3 aromatic rings. The van der Waals surface area contributed by atoms with Gasteiger partial charge in [-0.3, -0.25) is 4.90 Å². The van der Waals surface area contributed by atoms with Crippen LogP contribution in [0.3, 0.4) is 0 Å². The molecule has 3 heterocycles. The van der Waals surface area contributed by atoms with Gasteiger partial charge < -0.3 is 10.0 Å². The van der Waals surface area contributed by atoms with Gasteiger partial charge in [0.15, 0.2) is 5.82 Å². The lowest BCUT2D eigenvalue weighted by Gasteiger charge is -2.38. The number of fused-ring (bicyclic) bond motifs is 1. The van der Waals surface area contributed by atoms with Crippen LogP contribution in [0.15, 0.2) is 24.3 Å². The minimum Gasteiger partial charge on any atom is -0.492 e. The highest BCUT2D eigenvalue weighted by Crippen LogP contribution is 2.40. The number of likely N-dealkylation sites (N-methyl/N-ethyl adjacent to an activating group) is 1. The fourth-order valence-electron chi connectivity index (χ4n) is 3.82. The molecule has 1 aromatic carbocycles. The van der Waals surface area contributed by atoms with Gasteiger partial charge in [0.1, 0.15) is 0 Å². The number of benzene rings is 1. The van der Waals surface area contributed by atoms with Gasteiger partial charge in [-0.1, -0.05) is 55.0 Å². The van der Waals surface area contributed by atoms with E-state index < -0.39 is 0 Å². The summed E-state index contributed by atoms with van der Waals surface area (Å²) in [5.74, 6) is 0.999. The summed E-state index contributed by atoms with van der Waals surface area (Å²) >= 11 is 1.55. The van der Waals surface area contributed by atoms with Gasteiger partial charge in [0, 0.05) is 32.6 Å². The average molecular weight is 386 g/mol. The molecule has 0 saturated carbocycles. The zero-order valence-corrected chi connectivity index (χ0v) is 17.0. The van der Waals surface area contributed by atoms with Gasteiger partial charge >= 0.3 is 0 Å². The maximum atomic E-state index is 11.0. The Bertz CT molecular complexity index is 926. The Morgan fingerprint density at radius 1 is 1.19 bits per heavy atom. The molecule has 0 aliphatic carbocycles. The molecular weight excluding hydrogens is 358 g/mol. The van der Waals surface area contributed by atoms with E-state index in [1.54, 1.807) is 15.9 Å². The van der Waals surface area contributed by atoms with Crippen LogP contribution in [0.1, 0.15) is 41.7 Å². The number of aryl methyl sites for hydroxylation is 2. The first kappa shape index (κ1) is 18.4. The molecule has 7 heteroatoms. The monoisotopic (exact) mass is 385 g/mol. The largest absolute Gasteiger partial charge is 0.492 e. The smallest absolute Gasteiger partial charge is 0.230 e. The van der Waals surface area contributed by atoms with Gasteiger partial charge in [-0.2, -0.15) is 4.52 Å². The number of aromatic nitrogens is 3. The number of rotatable bonds is 5. The molecule has 1 fully saturated rings. The molecule has 1 aliphatic heterocycles. The highest BCUT2D eigenvalue weighted by Gasteiger charge is 2.31. The van der Waals surface area contributed by atoms with Crippen molar-refractivity contribution in [2.75, 3.05) is 32.7 Å². The van der Waals surface area contributed by atoms with Gasteiger partial charge in [-0.05, 0) is 19.0 Å². The van der Waals surface area contributed by atoms with Gasteiger partial charge in [0.05, 0.1) is 10.9 Å². The van der Waals surface area contributed by atoms with Crippen LogP contribution < -0.4 is 0 Å². The summed E-state index contributed by atoms with van der Waals surface area (Å²) in [5.41, 5.74) is 2.45. The third kappa shape index (κ3) is 3.47. The number of aromatic hydroxyl groups is 1. The highest BCUT2D eigenvalue weighted by molar-refractivity contribution is 7.17. The van der Waals surface area contributed by atoms with E-state index >= 15 is 0 Å². The molecular formula is C20H27N5OS. The lowest BCUT2D eigenvalue weighted by Crippen LogP contribution is -2.47. The van der Waals surface area contributed by atoms with E-state index in [4.69, 9.17) is 0 Å². The van der Waals surface area contributed by atoms with Gasteiger partial charge in [-0.25, -0.2) is 4.98 Å². The fraction of sp³-hybridized carbons (Fsp3) is 0.500. The molecule has 0 bridgehead atoms. The molecule has 4 rings (SSSR count). The van der Waals surface area contributed by atoms with Gasteiger partial charge in [-0.15, -0.1) is 5.10 Å². The number of hydrogen-bond acceptors (Lipinski definition) is 6. The van der Waals surface area contributed by atoms with Crippen molar-refractivity contribution in [3.63, 3.8) is 0 Å². The Hall–Kier alpha value is -1.96. The zero-order valence-electron chi connectivity index (χ0n) is 16.2. The van der Waals surface area contributed by atoms with Crippen molar-refractivity contribution in [1.29, 1.82) is 0 Å². The summed E-state index contributed by atoms with van der Waals surface area (Å²) in [6, 6.07) is 8.64. The SMILES string of the molecule is CCc1nc2sc(C(c3cccc(C)c3)N3CCN(CC)CC3)c(O)n2n1. The lowest BCUT2D eigenvalue weighted by atomic mass is 10.0. The summed E-state index contributed by atoms with van der Waals surface area (Å²) in [6.45, 7) is 11.5. The number of thiazole rings is 1. The first-order valence-electron chi connectivity index (χ1n) is 9.71. The quantitative estimate of drug-likeness (QED) is 0.731. The first-order valence-corrected chi connectivity index (χ1v) is 10.5. The maximum absolute atomic E-state index is 11.0. The second kappa shape index (κ2) is 7.58. The van der Waals surface area contributed by atoms with Crippen LogP contribution in [0.25, 0.3) is 4.96 Å². The number of piperazine rings is 1. The summed E-state index contributed by atoms with van der Waals surface area (Å²) < 4.78 is 1.60. The van der Waals surface area contributed by atoms with Gasteiger partial charge in [0.2, 0.25) is 10.8 Å². The fourth-order valence-corrected chi connectivity index (χ4v) is 4.96. The Morgan fingerprint density at radius 3 is 2.59 bits per heavy atom. The van der Waals surface area contributed by atoms with E-state index in [1.165, 1.54) is 11.1 Å². The Kier molecular flexibility index (Phi) is 5.16. The van der Waals surface area contributed by atoms with E-state index in [0.29, 0.717) is 0 Å². The molecule has 1 N–H and O–H groups in total. The Labute approximate surface area is 164 Å². The second-order valence-electron chi connectivity index (χ2n) is 7.15. The van der Waals surface area contributed by atoms with Crippen molar-refractivity contribution in [3.05, 3.63) is 46.1 Å². The van der Waals surface area contributed by atoms with Crippen molar-refractivity contribution in [1.82, 2.24) is 24.4 Å². The van der Waals surface area contributed by atoms with Crippen molar-refractivity contribution in [2.24, 2.45) is 0 Å². The standard InChI is InChI=1S/C20H27N5OS/c1-4-16-21-20-25(22-16)19(26)18(27-20)17(15-8-6-7-14(3)13-15)24-11-9-23(5-2)10-12-24/h6-8,13,17,26H,4-5,9-12H2,1-3H3. The molecule has 2 aromatic heterocycles. The summed E-state index contributed by atoms with van der Waals surface area (Å²) in [5, 5.41) is 15.4. The van der Waals surface area contributed by atoms with E-state index in [2.05, 4.69) is 58.0 Å². The summed E-state index contributed by atoms with van der Waals surface area (Å²) in [4.78, 5) is 11.2. The van der Waals surface area contributed by atoms with E-state index in [1.807, 2.05) is 6.92 Å². The molecule has 1 unspecified atom stereocenters. The lowest BCUT2D eigenvalue weighted by molar-refractivity contribution is 0.113. The molecule has 6 nitrogen and oxygen atoms in total. The van der Waals surface area contributed by atoms with Crippen LogP contribution >= 0.6 is 11.3 Å². The molecule has 1 aliphatic rings. The molecule has 0 amide bonds. The normalized spacial score (nSPS) is 17.6. The third-order valence-corrected chi connectivity index (χ3v) is 6.46. The van der Waals surface area contributed by atoms with Crippen molar-refractivity contribution in [2.45, 2.75) is 33.2 Å². The molecule has 0 spiro atoms. The predicted molar refractivity (Wildman–Crippen MR) is 109 cm³/mol. The third-order valence-electron chi connectivity index (χ3n) is 5.39. The van der Waals surface area contributed by atoms with E-state index in [9.17, 15) is 5.11 Å². The van der Waals surface area contributed by atoms with Crippen molar-refractivity contribution in [3.8, 4) is 5.88 Å². The van der Waals surface area contributed by atoms with Crippen LogP contribution in [0, 0.1) is 6.92 Å². The van der Waals surface area contributed by atoms with Crippen LogP contribution in [0.5, 0.6) is 5.88 Å². The van der Waals surface area contributed by atoms with E-state index in [0.717, 1.165) is 54.8 Å². The Morgan fingerprint density at radius 2 is 1.96 bits per heavy atom. The summed E-state index contributed by atoms with van der Waals surface area (Å²) in [6.07, 6.45) is 0.767. The molecule has 27 heavy (non-hydrogen) atoms. The number of hydrogen-bond donors (Lipinski definition) is 1. The minimum absolute atomic E-state index is 0.0301. The van der Waals surface area contributed by atoms with Crippen LogP contribution in [0.4, 0.5) is 0 Å². The van der Waals surface area contributed by atoms with Crippen LogP contribution in [0.2, 0.25) is 0 Å². The van der Waals surface area contributed by atoms with Gasteiger partial charge in [0.25, 0.3) is 0 Å². The molecule has 1 saturated heterocycles. The van der Waals surface area contributed by atoms with E-state index in [-0.39, 0.29) is 11.9 Å². The minimum atomic E-state index is 0.0301. The van der Waals surface area contributed by atoms with Crippen LogP contribution in [-0.2, 0) is 6.42 Å². The highest BCUT2D eigenvalue weighted by atomic mass is 32.1. The summed E-state index contributed by atoms with van der Waals surface area (Å²) in [7, 11) is 0. The molecule has 144 valence electrons. The second-order valence-corrected chi connectivity index (χ2v) is 8.16.